The Bertz CT molecular complexity index is 478. The van der Waals surface area contributed by atoms with Gasteiger partial charge < -0.3 is 20.1 Å². The number of benzene rings is 1. The predicted molar refractivity (Wildman–Crippen MR) is 83.7 cm³/mol. The molecule has 2 saturated heterocycles. The Labute approximate surface area is 127 Å². The molecule has 2 aliphatic rings. The predicted octanol–water partition coefficient (Wildman–Crippen LogP) is 2.36. The van der Waals surface area contributed by atoms with Crippen molar-refractivity contribution in [2.24, 2.45) is 5.92 Å². The number of fused-ring (bicyclic) bond motifs is 2. The Morgan fingerprint density at radius 3 is 2.62 bits per heavy atom. The molecule has 3 rings (SSSR count). The van der Waals surface area contributed by atoms with Gasteiger partial charge in [0, 0.05) is 30.3 Å². The molecule has 0 aromatic heterocycles. The minimum absolute atomic E-state index is 0.310. The van der Waals surface area contributed by atoms with Gasteiger partial charge in [-0.3, -0.25) is 0 Å². The van der Waals surface area contributed by atoms with Crippen LogP contribution in [0.4, 0.5) is 0 Å². The fraction of sp³-hybridized carbons (Fsp3) is 0.647. The van der Waals surface area contributed by atoms with Crippen LogP contribution in [-0.4, -0.2) is 42.8 Å². The normalized spacial score (nSPS) is 28.8. The third-order valence-electron chi connectivity index (χ3n) is 5.24. The van der Waals surface area contributed by atoms with Gasteiger partial charge in [0.2, 0.25) is 0 Å². The van der Waals surface area contributed by atoms with Gasteiger partial charge in [0.15, 0.2) is 0 Å². The Kier molecular flexibility index (Phi) is 4.36. The Hall–Kier alpha value is -1.26. The molecule has 0 amide bonds. The molecule has 0 spiro atoms. The van der Waals surface area contributed by atoms with Gasteiger partial charge in [-0.05, 0) is 51.3 Å². The van der Waals surface area contributed by atoms with Crippen LogP contribution in [0.2, 0.25) is 0 Å². The van der Waals surface area contributed by atoms with Gasteiger partial charge in [-0.25, -0.2) is 0 Å². The molecule has 4 heteroatoms. The van der Waals surface area contributed by atoms with Gasteiger partial charge >= 0.3 is 0 Å². The topological polar surface area (TPSA) is 44.7 Å². The number of nitrogens with zero attached hydrogens (tertiary/aromatic N) is 1. The Balaban J connectivity index is 1.48. The summed E-state index contributed by atoms with van der Waals surface area (Å²) in [5.74, 6) is 1.78. The van der Waals surface area contributed by atoms with E-state index in [1.807, 2.05) is 12.1 Å². The zero-order valence-electron chi connectivity index (χ0n) is 13.0. The first kappa shape index (κ1) is 14.7. The van der Waals surface area contributed by atoms with Crippen LogP contribution in [0.1, 0.15) is 31.2 Å². The molecule has 0 radical (unpaired) electrons. The number of phenols is 1. The molecular formula is C17H26N2O2. The van der Waals surface area contributed by atoms with Crippen LogP contribution in [0.15, 0.2) is 18.2 Å². The number of ether oxygens (including phenoxy) is 1. The van der Waals surface area contributed by atoms with E-state index < -0.39 is 0 Å². The van der Waals surface area contributed by atoms with Crippen LogP contribution in [0, 0.1) is 5.92 Å². The SMILES string of the molecule is COc1ccc(CNCC2CC3CCC(C2)N3C)c(O)c1. The molecule has 116 valence electrons. The van der Waals surface area contributed by atoms with E-state index in [2.05, 4.69) is 17.3 Å². The average Bonchev–Trinajstić information content (AvgIpc) is 2.71. The number of rotatable bonds is 5. The Morgan fingerprint density at radius 1 is 1.29 bits per heavy atom. The average molecular weight is 290 g/mol. The quantitative estimate of drug-likeness (QED) is 0.874. The molecule has 1 aromatic carbocycles. The molecule has 2 fully saturated rings. The van der Waals surface area contributed by atoms with Crippen molar-refractivity contribution in [1.82, 2.24) is 10.2 Å². The van der Waals surface area contributed by atoms with Gasteiger partial charge in [-0.15, -0.1) is 0 Å². The maximum Gasteiger partial charge on any atom is 0.123 e. The highest BCUT2D eigenvalue weighted by Gasteiger charge is 2.37. The summed E-state index contributed by atoms with van der Waals surface area (Å²) < 4.78 is 5.11. The number of nitrogens with one attached hydrogen (secondary N) is 1. The van der Waals surface area contributed by atoms with Gasteiger partial charge in [0.05, 0.1) is 7.11 Å². The molecule has 4 nitrogen and oxygen atoms in total. The summed E-state index contributed by atoms with van der Waals surface area (Å²) in [5, 5.41) is 13.5. The van der Waals surface area contributed by atoms with Crippen molar-refractivity contribution in [2.75, 3.05) is 20.7 Å². The highest BCUT2D eigenvalue weighted by molar-refractivity contribution is 5.39. The van der Waals surface area contributed by atoms with Gasteiger partial charge in [-0.2, -0.15) is 0 Å². The van der Waals surface area contributed by atoms with Crippen molar-refractivity contribution < 1.29 is 9.84 Å². The molecule has 2 aliphatic heterocycles. The van der Waals surface area contributed by atoms with Crippen LogP contribution in [0.25, 0.3) is 0 Å². The second-order valence-electron chi connectivity index (χ2n) is 6.51. The van der Waals surface area contributed by atoms with E-state index in [1.54, 1.807) is 13.2 Å². The molecular weight excluding hydrogens is 264 g/mol. The highest BCUT2D eigenvalue weighted by Crippen LogP contribution is 2.37. The van der Waals surface area contributed by atoms with Crippen LogP contribution in [-0.2, 0) is 6.54 Å². The standard InChI is InChI=1S/C17H26N2O2/c1-19-14-4-5-15(19)8-12(7-14)10-18-11-13-3-6-16(21-2)9-17(13)20/h3,6,9,12,14-15,18,20H,4-5,7-8,10-11H2,1-2H3. The molecule has 2 unspecified atom stereocenters. The molecule has 2 heterocycles. The molecule has 21 heavy (non-hydrogen) atoms. The highest BCUT2D eigenvalue weighted by atomic mass is 16.5. The molecule has 1 aromatic rings. The van der Waals surface area contributed by atoms with Crippen LogP contribution in [0.5, 0.6) is 11.5 Å². The zero-order valence-corrected chi connectivity index (χ0v) is 13.0. The minimum Gasteiger partial charge on any atom is -0.507 e. The first-order valence-corrected chi connectivity index (χ1v) is 7.96. The lowest BCUT2D eigenvalue weighted by molar-refractivity contribution is 0.133. The summed E-state index contributed by atoms with van der Waals surface area (Å²) >= 11 is 0. The second kappa shape index (κ2) is 6.24. The van der Waals surface area contributed by atoms with Crippen molar-refractivity contribution >= 4 is 0 Å². The van der Waals surface area contributed by atoms with Crippen molar-refractivity contribution in [3.05, 3.63) is 23.8 Å². The third kappa shape index (κ3) is 3.16. The fourth-order valence-electron chi connectivity index (χ4n) is 3.92. The van der Waals surface area contributed by atoms with E-state index in [0.29, 0.717) is 11.5 Å². The molecule has 2 atom stereocenters. The van der Waals surface area contributed by atoms with Crippen molar-refractivity contribution in [2.45, 2.75) is 44.3 Å². The van der Waals surface area contributed by atoms with Gasteiger partial charge in [0.25, 0.3) is 0 Å². The number of phenolic OH excluding ortho intramolecular Hbond substituents is 1. The van der Waals surface area contributed by atoms with Crippen molar-refractivity contribution in [3.8, 4) is 11.5 Å². The van der Waals surface area contributed by atoms with E-state index in [1.165, 1.54) is 25.7 Å². The van der Waals surface area contributed by atoms with E-state index in [-0.39, 0.29) is 0 Å². The Morgan fingerprint density at radius 2 is 2.00 bits per heavy atom. The summed E-state index contributed by atoms with van der Waals surface area (Å²) in [6.07, 6.45) is 5.37. The third-order valence-corrected chi connectivity index (χ3v) is 5.24. The number of hydrogen-bond donors (Lipinski definition) is 2. The number of hydrogen-bond acceptors (Lipinski definition) is 4. The second-order valence-corrected chi connectivity index (χ2v) is 6.51. The smallest absolute Gasteiger partial charge is 0.123 e. The molecule has 0 aliphatic carbocycles. The maximum absolute atomic E-state index is 9.96. The summed E-state index contributed by atoms with van der Waals surface area (Å²) in [5.41, 5.74) is 0.937. The van der Waals surface area contributed by atoms with Crippen LogP contribution >= 0.6 is 0 Å². The first-order chi connectivity index (χ1) is 10.2. The lowest BCUT2D eigenvalue weighted by atomic mass is 9.91. The molecule has 2 N–H and O–H groups in total. The van der Waals surface area contributed by atoms with Crippen LogP contribution in [0.3, 0.4) is 0 Å². The first-order valence-electron chi connectivity index (χ1n) is 7.96. The van der Waals surface area contributed by atoms with E-state index >= 15 is 0 Å². The van der Waals surface area contributed by atoms with Gasteiger partial charge in [0.1, 0.15) is 11.5 Å². The zero-order chi connectivity index (χ0) is 14.8. The summed E-state index contributed by atoms with van der Waals surface area (Å²) in [6, 6.07) is 7.09. The van der Waals surface area contributed by atoms with E-state index in [9.17, 15) is 5.11 Å². The van der Waals surface area contributed by atoms with E-state index in [4.69, 9.17) is 4.74 Å². The monoisotopic (exact) mass is 290 g/mol. The van der Waals surface area contributed by atoms with Crippen molar-refractivity contribution in [1.29, 1.82) is 0 Å². The fourth-order valence-corrected chi connectivity index (χ4v) is 3.92. The molecule has 0 saturated carbocycles. The van der Waals surface area contributed by atoms with Crippen molar-refractivity contribution in [3.63, 3.8) is 0 Å². The largest absolute Gasteiger partial charge is 0.507 e. The summed E-state index contributed by atoms with van der Waals surface area (Å²) in [7, 11) is 3.89. The number of methoxy groups -OCH3 is 1. The van der Waals surface area contributed by atoms with Crippen LogP contribution < -0.4 is 10.1 Å². The number of piperidine rings is 1. The summed E-state index contributed by atoms with van der Waals surface area (Å²) in [6.45, 7) is 1.77. The summed E-state index contributed by atoms with van der Waals surface area (Å²) in [4.78, 5) is 2.58. The molecule has 2 bridgehead atoms. The number of aromatic hydroxyl groups is 1. The van der Waals surface area contributed by atoms with Gasteiger partial charge in [-0.1, -0.05) is 6.07 Å². The lowest BCUT2D eigenvalue weighted by Gasteiger charge is -2.36. The lowest BCUT2D eigenvalue weighted by Crippen LogP contribution is -2.42. The maximum atomic E-state index is 9.96. The minimum atomic E-state index is 0.310. The van der Waals surface area contributed by atoms with E-state index in [0.717, 1.165) is 36.7 Å².